The summed E-state index contributed by atoms with van der Waals surface area (Å²) < 4.78 is 41.4. The van der Waals surface area contributed by atoms with Crippen molar-refractivity contribution in [2.75, 3.05) is 0 Å². The maximum atomic E-state index is 14.1. The lowest BCUT2D eigenvalue weighted by molar-refractivity contribution is 0.436. The van der Waals surface area contributed by atoms with Crippen LogP contribution in [0.4, 0.5) is 4.39 Å². The van der Waals surface area contributed by atoms with Crippen molar-refractivity contribution in [2.24, 2.45) is 0 Å². The zero-order valence-electron chi connectivity index (χ0n) is 13.0. The average molecular weight is 337 g/mol. The van der Waals surface area contributed by atoms with Crippen LogP contribution in [0.3, 0.4) is 0 Å². The van der Waals surface area contributed by atoms with Gasteiger partial charge in [-0.15, -0.1) is 0 Å². The van der Waals surface area contributed by atoms with Gasteiger partial charge in [0.05, 0.1) is 11.4 Å². The van der Waals surface area contributed by atoms with Gasteiger partial charge in [-0.2, -0.15) is 0 Å². The lowest BCUT2D eigenvalue weighted by atomic mass is 9.85. The van der Waals surface area contributed by atoms with Gasteiger partial charge in [0.25, 0.3) is 0 Å². The highest BCUT2D eigenvalue weighted by Crippen LogP contribution is 2.38. The summed E-state index contributed by atoms with van der Waals surface area (Å²) in [5.74, 6) is 0.742. The Morgan fingerprint density at radius 1 is 1.26 bits per heavy atom. The first-order valence-corrected chi connectivity index (χ1v) is 9.29. The number of hydrogen-bond donors (Lipinski definition) is 1. The second-order valence-electron chi connectivity index (χ2n) is 6.08. The number of nitrogens with zero attached hydrogens (tertiary/aromatic N) is 1. The van der Waals surface area contributed by atoms with E-state index in [0.717, 1.165) is 18.5 Å². The van der Waals surface area contributed by atoms with Crippen LogP contribution in [0, 0.1) is 12.7 Å². The molecule has 6 heteroatoms. The zero-order chi connectivity index (χ0) is 16.4. The van der Waals surface area contributed by atoms with Crippen molar-refractivity contribution >= 4 is 10.7 Å². The molecule has 1 heterocycles. The molecular formula is C17H20FNO3S. The van der Waals surface area contributed by atoms with Crippen molar-refractivity contribution in [3.63, 3.8) is 0 Å². The fourth-order valence-corrected chi connectivity index (χ4v) is 3.79. The van der Waals surface area contributed by atoms with Gasteiger partial charge in [-0.25, -0.2) is 17.8 Å². The summed E-state index contributed by atoms with van der Waals surface area (Å²) in [4.78, 5) is 4.53. The standard InChI is InChI=1S/C17H20FNO3S/c1-11-19-16(12-5-3-2-4-6-12)17(22-11)13-7-8-14(10-23(20)21)15(18)9-13/h7-9,12,23H,2-6,10H2,1H3. The Labute approximate surface area is 136 Å². The van der Waals surface area contributed by atoms with Crippen molar-refractivity contribution in [2.45, 2.75) is 50.7 Å². The molecule has 0 bridgehead atoms. The van der Waals surface area contributed by atoms with Gasteiger partial charge < -0.3 is 4.42 Å². The molecule has 0 spiro atoms. The summed E-state index contributed by atoms with van der Waals surface area (Å²) in [6, 6.07) is 4.57. The smallest absolute Gasteiger partial charge is 0.192 e. The molecule has 23 heavy (non-hydrogen) atoms. The number of halogens is 1. The molecular weight excluding hydrogens is 317 g/mol. The zero-order valence-corrected chi connectivity index (χ0v) is 13.9. The molecule has 1 fully saturated rings. The van der Waals surface area contributed by atoms with Crippen LogP contribution in [-0.2, 0) is 16.5 Å². The third-order valence-electron chi connectivity index (χ3n) is 4.37. The Morgan fingerprint density at radius 2 is 2.00 bits per heavy atom. The molecule has 1 aliphatic rings. The Kier molecular flexibility index (Phi) is 4.80. The minimum atomic E-state index is -2.65. The van der Waals surface area contributed by atoms with Crippen LogP contribution in [0.1, 0.15) is 55.2 Å². The minimum Gasteiger partial charge on any atom is -0.441 e. The largest absolute Gasteiger partial charge is 0.441 e. The van der Waals surface area contributed by atoms with E-state index in [9.17, 15) is 12.8 Å². The first-order valence-electron chi connectivity index (χ1n) is 7.92. The number of thiol groups is 1. The van der Waals surface area contributed by atoms with Crippen LogP contribution in [-0.4, -0.2) is 13.4 Å². The Morgan fingerprint density at radius 3 is 2.65 bits per heavy atom. The number of rotatable bonds is 4. The van der Waals surface area contributed by atoms with E-state index in [1.165, 1.54) is 31.4 Å². The van der Waals surface area contributed by atoms with Gasteiger partial charge in [0.2, 0.25) is 0 Å². The van der Waals surface area contributed by atoms with E-state index < -0.39 is 16.5 Å². The summed E-state index contributed by atoms with van der Waals surface area (Å²) in [7, 11) is -2.65. The normalized spacial score (nSPS) is 16.1. The third-order valence-corrected chi connectivity index (χ3v) is 4.97. The number of benzene rings is 1. The molecule has 1 aromatic heterocycles. The topological polar surface area (TPSA) is 60.2 Å². The molecule has 0 saturated heterocycles. The maximum Gasteiger partial charge on any atom is 0.192 e. The van der Waals surface area contributed by atoms with Gasteiger partial charge in [-0.05, 0) is 18.9 Å². The Balaban J connectivity index is 1.96. The van der Waals surface area contributed by atoms with Crippen LogP contribution in [0.2, 0.25) is 0 Å². The van der Waals surface area contributed by atoms with Crippen LogP contribution in [0.25, 0.3) is 11.3 Å². The van der Waals surface area contributed by atoms with Crippen molar-refractivity contribution in [1.29, 1.82) is 0 Å². The summed E-state index contributed by atoms with van der Waals surface area (Å²) >= 11 is 0. The lowest BCUT2D eigenvalue weighted by Crippen LogP contribution is -2.06. The summed E-state index contributed by atoms with van der Waals surface area (Å²) in [5, 5.41) is 0. The van der Waals surface area contributed by atoms with E-state index in [4.69, 9.17) is 4.42 Å². The second-order valence-corrected chi connectivity index (χ2v) is 7.06. The lowest BCUT2D eigenvalue weighted by Gasteiger charge is -2.20. The van der Waals surface area contributed by atoms with Crippen LogP contribution in [0.15, 0.2) is 22.6 Å². The second kappa shape index (κ2) is 6.83. The van der Waals surface area contributed by atoms with E-state index >= 15 is 0 Å². The molecule has 0 aliphatic heterocycles. The first kappa shape index (κ1) is 16.2. The number of aromatic nitrogens is 1. The molecule has 1 saturated carbocycles. The van der Waals surface area contributed by atoms with Gasteiger partial charge in [-0.1, -0.05) is 31.4 Å². The monoisotopic (exact) mass is 337 g/mol. The molecule has 0 radical (unpaired) electrons. The third kappa shape index (κ3) is 3.63. The summed E-state index contributed by atoms with van der Waals surface area (Å²) in [5.41, 5.74) is 1.71. The summed E-state index contributed by atoms with van der Waals surface area (Å²) in [6.07, 6.45) is 5.77. The highest BCUT2D eigenvalue weighted by molar-refractivity contribution is 7.71. The Bertz CT molecular complexity index is 768. The van der Waals surface area contributed by atoms with Crippen molar-refractivity contribution in [3.8, 4) is 11.3 Å². The van der Waals surface area contributed by atoms with Gasteiger partial charge in [0, 0.05) is 24.0 Å². The molecule has 0 amide bonds. The number of aryl methyl sites for hydroxylation is 1. The predicted molar refractivity (Wildman–Crippen MR) is 86.5 cm³/mol. The van der Waals surface area contributed by atoms with Gasteiger partial charge >= 0.3 is 0 Å². The Hall–Kier alpha value is -1.69. The molecule has 0 atom stereocenters. The fraction of sp³-hybridized carbons (Fsp3) is 0.471. The fourth-order valence-electron chi connectivity index (χ4n) is 3.26. The highest BCUT2D eigenvalue weighted by atomic mass is 32.2. The average Bonchev–Trinajstić information content (AvgIpc) is 2.92. The molecule has 4 nitrogen and oxygen atoms in total. The molecule has 1 aliphatic carbocycles. The van der Waals surface area contributed by atoms with E-state index in [-0.39, 0.29) is 11.3 Å². The first-order chi connectivity index (χ1) is 11.0. The van der Waals surface area contributed by atoms with E-state index in [0.29, 0.717) is 23.1 Å². The van der Waals surface area contributed by atoms with Gasteiger partial charge in [0.1, 0.15) is 16.5 Å². The SMILES string of the molecule is Cc1nc(C2CCCCC2)c(-c2ccc(C[SH](=O)=O)c(F)c2)o1. The van der Waals surface area contributed by atoms with Crippen molar-refractivity contribution in [1.82, 2.24) is 4.98 Å². The van der Waals surface area contributed by atoms with E-state index in [1.54, 1.807) is 13.0 Å². The molecule has 0 N–H and O–H groups in total. The molecule has 2 aromatic rings. The van der Waals surface area contributed by atoms with Crippen molar-refractivity contribution < 1.29 is 17.2 Å². The number of hydrogen-bond acceptors (Lipinski definition) is 4. The van der Waals surface area contributed by atoms with Crippen LogP contribution < -0.4 is 0 Å². The maximum absolute atomic E-state index is 14.1. The molecule has 124 valence electrons. The van der Waals surface area contributed by atoms with Crippen LogP contribution >= 0.6 is 0 Å². The predicted octanol–water partition coefficient (Wildman–Crippen LogP) is 3.95. The quantitative estimate of drug-likeness (QED) is 0.858. The minimum absolute atomic E-state index is 0.181. The molecule has 1 aromatic carbocycles. The van der Waals surface area contributed by atoms with Crippen molar-refractivity contribution in [3.05, 3.63) is 41.2 Å². The summed E-state index contributed by atoms with van der Waals surface area (Å²) in [6.45, 7) is 1.79. The van der Waals surface area contributed by atoms with E-state index in [2.05, 4.69) is 4.98 Å². The van der Waals surface area contributed by atoms with Gasteiger partial charge in [0.15, 0.2) is 11.7 Å². The highest BCUT2D eigenvalue weighted by Gasteiger charge is 2.24. The van der Waals surface area contributed by atoms with Crippen LogP contribution in [0.5, 0.6) is 0 Å². The molecule has 3 rings (SSSR count). The molecule has 0 unspecified atom stereocenters. The number of oxazole rings is 1. The van der Waals surface area contributed by atoms with Gasteiger partial charge in [-0.3, -0.25) is 0 Å². The van der Waals surface area contributed by atoms with E-state index in [1.807, 2.05) is 0 Å².